The Morgan fingerprint density at radius 2 is 1.47 bits per heavy atom. The van der Waals surface area contributed by atoms with Gasteiger partial charge in [0, 0.05) is 5.56 Å². The summed E-state index contributed by atoms with van der Waals surface area (Å²) in [4.78, 5) is 51.0. The Bertz CT molecular complexity index is 1190. The van der Waals surface area contributed by atoms with Gasteiger partial charge in [0.2, 0.25) is 0 Å². The maximum absolute atomic E-state index is 12.8. The molecule has 0 atom stereocenters. The van der Waals surface area contributed by atoms with E-state index in [1.165, 1.54) is 18.2 Å². The van der Waals surface area contributed by atoms with Gasteiger partial charge in [0.1, 0.15) is 0 Å². The van der Waals surface area contributed by atoms with Crippen molar-refractivity contribution in [3.05, 3.63) is 100 Å². The molecule has 0 saturated heterocycles. The first-order valence-corrected chi connectivity index (χ1v) is 9.38. The van der Waals surface area contributed by atoms with Crippen LogP contribution in [0.5, 0.6) is 0 Å². The third kappa shape index (κ3) is 3.49. The van der Waals surface area contributed by atoms with E-state index < -0.39 is 24.4 Å². The Balaban J connectivity index is 1.53. The second-order valence-electron chi connectivity index (χ2n) is 6.52. The molecule has 0 fully saturated rings. The summed E-state index contributed by atoms with van der Waals surface area (Å²) in [6, 6.07) is 19.0. The van der Waals surface area contributed by atoms with Gasteiger partial charge < -0.3 is 4.74 Å². The molecule has 0 aromatic heterocycles. The van der Waals surface area contributed by atoms with Crippen LogP contribution in [0.2, 0.25) is 5.02 Å². The predicted molar refractivity (Wildman–Crippen MR) is 110 cm³/mol. The number of carbonyl (C=O) groups is 4. The number of hydrogen-bond donors (Lipinski definition) is 0. The number of Topliss-reactive ketones (excluding diaryl/α,β-unsaturated/α-hetero) is 1. The first-order chi connectivity index (χ1) is 14.5. The lowest BCUT2D eigenvalue weighted by molar-refractivity contribution is 0.0474. The van der Waals surface area contributed by atoms with E-state index in [4.69, 9.17) is 16.3 Å². The highest BCUT2D eigenvalue weighted by molar-refractivity contribution is 6.39. The molecule has 3 aromatic rings. The number of amides is 2. The van der Waals surface area contributed by atoms with Gasteiger partial charge in [0.15, 0.2) is 12.4 Å². The Morgan fingerprint density at radius 1 is 0.800 bits per heavy atom. The third-order valence-corrected chi connectivity index (χ3v) is 4.97. The quantitative estimate of drug-likeness (QED) is 0.352. The molecule has 0 N–H and O–H groups in total. The number of esters is 1. The molecule has 148 valence electrons. The van der Waals surface area contributed by atoms with Gasteiger partial charge in [0.25, 0.3) is 11.8 Å². The Hall–Kier alpha value is -3.77. The number of halogens is 1. The number of benzene rings is 3. The van der Waals surface area contributed by atoms with Crippen LogP contribution in [0.4, 0.5) is 5.69 Å². The average Bonchev–Trinajstić information content (AvgIpc) is 3.02. The second kappa shape index (κ2) is 7.93. The summed E-state index contributed by atoms with van der Waals surface area (Å²) in [5.74, 6) is -2.22. The van der Waals surface area contributed by atoms with Gasteiger partial charge in [-0.05, 0) is 30.3 Å². The number of nitrogens with zero attached hydrogens (tertiary/aromatic N) is 1. The first kappa shape index (κ1) is 19.5. The number of carbonyl (C=O) groups excluding carboxylic acids is 4. The van der Waals surface area contributed by atoms with E-state index in [1.54, 1.807) is 54.6 Å². The standard InChI is InChI=1S/C23H14ClNO5/c24-18-8-4-5-9-19(18)25-21(27)16-11-10-15(12-17(16)22(25)28)23(29)30-13-20(26)14-6-2-1-3-7-14/h1-12H,13H2. The molecule has 3 aromatic carbocycles. The third-order valence-electron chi connectivity index (χ3n) is 4.65. The largest absolute Gasteiger partial charge is 0.454 e. The minimum absolute atomic E-state index is 0.0665. The van der Waals surface area contributed by atoms with Crippen molar-refractivity contribution in [3.8, 4) is 0 Å². The molecule has 2 amide bonds. The normalized spacial score (nSPS) is 12.6. The van der Waals surface area contributed by atoms with Crippen LogP contribution in [0, 0.1) is 0 Å². The zero-order valence-corrected chi connectivity index (χ0v) is 16.3. The van der Waals surface area contributed by atoms with Gasteiger partial charge in [-0.15, -0.1) is 0 Å². The number of hydrogen-bond acceptors (Lipinski definition) is 5. The average molecular weight is 420 g/mol. The predicted octanol–water partition coefficient (Wildman–Crippen LogP) is 4.18. The monoisotopic (exact) mass is 419 g/mol. The summed E-state index contributed by atoms with van der Waals surface area (Å²) in [6.45, 7) is -0.432. The number of ketones is 1. The molecule has 0 bridgehead atoms. The highest BCUT2D eigenvalue weighted by atomic mass is 35.5. The molecule has 6 nitrogen and oxygen atoms in total. The van der Waals surface area contributed by atoms with Gasteiger partial charge >= 0.3 is 5.97 Å². The van der Waals surface area contributed by atoms with Crippen molar-refractivity contribution in [2.45, 2.75) is 0 Å². The molecule has 0 unspecified atom stereocenters. The minimum Gasteiger partial charge on any atom is -0.454 e. The number of rotatable bonds is 5. The smallest absolute Gasteiger partial charge is 0.338 e. The zero-order valence-electron chi connectivity index (χ0n) is 15.5. The summed E-state index contributed by atoms with van der Waals surface area (Å²) in [7, 11) is 0. The van der Waals surface area contributed by atoms with E-state index in [0.717, 1.165) is 4.90 Å². The fourth-order valence-electron chi connectivity index (χ4n) is 3.14. The second-order valence-corrected chi connectivity index (χ2v) is 6.93. The van der Waals surface area contributed by atoms with E-state index in [2.05, 4.69) is 0 Å². The molecule has 1 aliphatic heterocycles. The number of imide groups is 1. The van der Waals surface area contributed by atoms with Crippen molar-refractivity contribution in [2.24, 2.45) is 0 Å². The lowest BCUT2D eigenvalue weighted by Crippen LogP contribution is -2.29. The topological polar surface area (TPSA) is 80.8 Å². The molecule has 30 heavy (non-hydrogen) atoms. The molecule has 0 saturated carbocycles. The van der Waals surface area contributed by atoms with Crippen LogP contribution in [-0.2, 0) is 4.74 Å². The van der Waals surface area contributed by atoms with Crippen molar-refractivity contribution in [1.82, 2.24) is 0 Å². The molecule has 4 rings (SSSR count). The van der Waals surface area contributed by atoms with Gasteiger partial charge in [-0.3, -0.25) is 14.4 Å². The van der Waals surface area contributed by atoms with Gasteiger partial charge in [-0.2, -0.15) is 0 Å². The Morgan fingerprint density at radius 3 is 2.20 bits per heavy atom. The molecule has 0 radical (unpaired) electrons. The lowest BCUT2D eigenvalue weighted by atomic mass is 10.1. The van der Waals surface area contributed by atoms with Crippen LogP contribution in [0.3, 0.4) is 0 Å². The van der Waals surface area contributed by atoms with Crippen LogP contribution < -0.4 is 4.90 Å². The van der Waals surface area contributed by atoms with E-state index in [9.17, 15) is 19.2 Å². The Kier molecular flexibility index (Phi) is 5.16. The Labute approximate surface area is 176 Å². The molecule has 0 spiro atoms. The fourth-order valence-corrected chi connectivity index (χ4v) is 3.36. The molecule has 0 aliphatic carbocycles. The van der Waals surface area contributed by atoms with Crippen LogP contribution in [0.1, 0.15) is 41.4 Å². The molecular weight excluding hydrogens is 406 g/mol. The molecular formula is C23H14ClNO5. The summed E-state index contributed by atoms with van der Waals surface area (Å²) in [6.07, 6.45) is 0. The molecule has 1 aliphatic rings. The maximum Gasteiger partial charge on any atom is 0.338 e. The van der Waals surface area contributed by atoms with Crippen LogP contribution in [-0.4, -0.2) is 30.2 Å². The van der Waals surface area contributed by atoms with Crippen molar-refractivity contribution in [1.29, 1.82) is 0 Å². The zero-order chi connectivity index (χ0) is 21.3. The lowest BCUT2D eigenvalue weighted by Gasteiger charge is -2.15. The summed E-state index contributed by atoms with van der Waals surface area (Å²) in [5.41, 5.74) is 0.996. The van der Waals surface area contributed by atoms with Crippen molar-refractivity contribution < 1.29 is 23.9 Å². The maximum atomic E-state index is 12.8. The molecule has 7 heteroatoms. The summed E-state index contributed by atoms with van der Waals surface area (Å²) >= 11 is 6.13. The number of para-hydroxylation sites is 1. The van der Waals surface area contributed by atoms with Gasteiger partial charge in [-0.25, -0.2) is 9.69 Å². The highest BCUT2D eigenvalue weighted by Gasteiger charge is 2.38. The van der Waals surface area contributed by atoms with E-state index in [0.29, 0.717) is 5.56 Å². The van der Waals surface area contributed by atoms with E-state index >= 15 is 0 Å². The van der Waals surface area contributed by atoms with Crippen molar-refractivity contribution in [2.75, 3.05) is 11.5 Å². The van der Waals surface area contributed by atoms with E-state index in [1.807, 2.05) is 0 Å². The van der Waals surface area contributed by atoms with Crippen LogP contribution >= 0.6 is 11.6 Å². The van der Waals surface area contributed by atoms with Crippen LogP contribution in [0.15, 0.2) is 72.8 Å². The number of anilines is 1. The van der Waals surface area contributed by atoms with Crippen molar-refractivity contribution in [3.63, 3.8) is 0 Å². The minimum atomic E-state index is -0.765. The van der Waals surface area contributed by atoms with E-state index in [-0.39, 0.29) is 33.2 Å². The SMILES string of the molecule is O=C(COC(=O)c1ccc2c(c1)C(=O)N(c1ccccc1Cl)C2=O)c1ccccc1. The highest BCUT2D eigenvalue weighted by Crippen LogP contribution is 2.33. The molecule has 1 heterocycles. The fraction of sp³-hybridized carbons (Fsp3) is 0.0435. The van der Waals surface area contributed by atoms with Crippen LogP contribution in [0.25, 0.3) is 0 Å². The van der Waals surface area contributed by atoms with Crippen molar-refractivity contribution >= 4 is 40.9 Å². The summed E-state index contributed by atoms with van der Waals surface area (Å²) in [5, 5.41) is 0.256. The van der Waals surface area contributed by atoms with Gasteiger partial charge in [0.05, 0.1) is 27.4 Å². The first-order valence-electron chi connectivity index (χ1n) is 9.00. The number of fused-ring (bicyclic) bond motifs is 1. The summed E-state index contributed by atoms with van der Waals surface area (Å²) < 4.78 is 5.08. The number of ether oxygens (including phenoxy) is 1. The van der Waals surface area contributed by atoms with Gasteiger partial charge in [-0.1, -0.05) is 54.1 Å².